The van der Waals surface area contributed by atoms with Gasteiger partial charge in [-0.15, -0.1) is 0 Å². The maximum atomic E-state index is 13.1. The SMILES string of the molecule is CCC(C)C(NC(=O)c1ccc(OC)cc1OC)c1nc(C(=O)NC(CCCN=C(N)N)C(=O)O)co1. The zero-order valence-electron chi connectivity index (χ0n) is 21.3. The number of carbonyl (C=O) groups excluding carboxylic acids is 2. The molecule has 0 fully saturated rings. The first kappa shape index (κ1) is 28.9. The minimum atomic E-state index is -1.21. The first-order valence-corrected chi connectivity index (χ1v) is 11.7. The van der Waals surface area contributed by atoms with Crippen molar-refractivity contribution in [2.24, 2.45) is 22.4 Å². The molecule has 2 aromatic rings. The van der Waals surface area contributed by atoms with Gasteiger partial charge in [0.05, 0.1) is 19.8 Å². The minimum absolute atomic E-state index is 0.0978. The number of nitrogens with two attached hydrogens (primary N) is 2. The van der Waals surface area contributed by atoms with Crippen LogP contribution >= 0.6 is 0 Å². The molecule has 1 heterocycles. The van der Waals surface area contributed by atoms with Crippen molar-refractivity contribution >= 4 is 23.7 Å². The fourth-order valence-corrected chi connectivity index (χ4v) is 3.42. The molecule has 0 spiro atoms. The predicted molar refractivity (Wildman–Crippen MR) is 135 cm³/mol. The van der Waals surface area contributed by atoms with Crippen LogP contribution in [0.4, 0.5) is 0 Å². The third-order valence-electron chi connectivity index (χ3n) is 5.72. The van der Waals surface area contributed by atoms with Gasteiger partial charge in [0.25, 0.3) is 11.8 Å². The third kappa shape index (κ3) is 8.12. The highest BCUT2D eigenvalue weighted by Gasteiger charge is 2.29. The first-order valence-electron chi connectivity index (χ1n) is 11.7. The molecule has 37 heavy (non-hydrogen) atoms. The lowest BCUT2D eigenvalue weighted by Gasteiger charge is -2.22. The van der Waals surface area contributed by atoms with E-state index in [1.54, 1.807) is 18.2 Å². The van der Waals surface area contributed by atoms with E-state index in [4.69, 9.17) is 25.4 Å². The Morgan fingerprint density at radius 2 is 1.89 bits per heavy atom. The van der Waals surface area contributed by atoms with Gasteiger partial charge in [0.15, 0.2) is 11.7 Å². The summed E-state index contributed by atoms with van der Waals surface area (Å²) in [5.41, 5.74) is 10.7. The van der Waals surface area contributed by atoms with Crippen LogP contribution in [0.15, 0.2) is 33.9 Å². The summed E-state index contributed by atoms with van der Waals surface area (Å²) in [5, 5.41) is 14.8. The van der Waals surface area contributed by atoms with Crippen LogP contribution < -0.4 is 31.6 Å². The average molecular weight is 519 g/mol. The van der Waals surface area contributed by atoms with Crippen molar-refractivity contribution in [3.63, 3.8) is 0 Å². The van der Waals surface area contributed by atoms with Gasteiger partial charge < -0.3 is 41.1 Å². The molecule has 13 nitrogen and oxygen atoms in total. The Morgan fingerprint density at radius 3 is 2.49 bits per heavy atom. The standard InChI is InChI=1S/C24H34N6O7/c1-5-13(2)19(30-20(31)15-9-8-14(35-3)11-18(15)36-4)22-29-17(12-37-22)21(32)28-16(23(33)34)7-6-10-27-24(25)26/h8-9,11-13,16,19H,5-7,10H2,1-4H3,(H,28,32)(H,30,31)(H,33,34)(H4,25,26,27). The molecule has 0 radical (unpaired) electrons. The third-order valence-corrected chi connectivity index (χ3v) is 5.72. The van der Waals surface area contributed by atoms with E-state index in [2.05, 4.69) is 20.6 Å². The van der Waals surface area contributed by atoms with E-state index < -0.39 is 29.9 Å². The van der Waals surface area contributed by atoms with Crippen LogP contribution in [0, 0.1) is 5.92 Å². The molecule has 7 N–H and O–H groups in total. The maximum absolute atomic E-state index is 13.1. The van der Waals surface area contributed by atoms with Crippen molar-refractivity contribution in [2.45, 2.75) is 45.2 Å². The largest absolute Gasteiger partial charge is 0.497 e. The minimum Gasteiger partial charge on any atom is -0.497 e. The van der Waals surface area contributed by atoms with Crippen molar-refractivity contribution in [3.05, 3.63) is 41.6 Å². The quantitative estimate of drug-likeness (QED) is 0.138. The highest BCUT2D eigenvalue weighted by molar-refractivity contribution is 5.97. The lowest BCUT2D eigenvalue weighted by molar-refractivity contribution is -0.139. The number of hydrogen-bond donors (Lipinski definition) is 5. The van der Waals surface area contributed by atoms with Gasteiger partial charge in [-0.05, 0) is 30.9 Å². The van der Waals surface area contributed by atoms with Gasteiger partial charge in [-0.2, -0.15) is 0 Å². The summed E-state index contributed by atoms with van der Waals surface area (Å²) in [6.45, 7) is 4.07. The predicted octanol–water partition coefficient (Wildman–Crippen LogP) is 1.45. The van der Waals surface area contributed by atoms with Crippen molar-refractivity contribution in [3.8, 4) is 11.5 Å². The Bertz CT molecular complexity index is 1110. The number of benzene rings is 1. The smallest absolute Gasteiger partial charge is 0.326 e. The second-order valence-corrected chi connectivity index (χ2v) is 8.29. The summed E-state index contributed by atoms with van der Waals surface area (Å²) >= 11 is 0. The van der Waals surface area contributed by atoms with Gasteiger partial charge in [-0.1, -0.05) is 20.3 Å². The number of carboxylic acid groups (broad SMARTS) is 1. The van der Waals surface area contributed by atoms with Crippen LogP contribution in [0.2, 0.25) is 0 Å². The number of carboxylic acids is 1. The molecule has 2 rings (SSSR count). The molecular formula is C24H34N6O7. The van der Waals surface area contributed by atoms with Gasteiger partial charge in [-0.3, -0.25) is 14.6 Å². The summed E-state index contributed by atoms with van der Waals surface area (Å²) in [6, 6.07) is 2.97. The second-order valence-electron chi connectivity index (χ2n) is 8.29. The summed E-state index contributed by atoms with van der Waals surface area (Å²) in [7, 11) is 2.96. The molecule has 0 aliphatic carbocycles. The number of aliphatic imine (C=N–C) groups is 1. The number of rotatable bonds is 14. The Hall–Kier alpha value is -4.29. The molecule has 0 saturated heterocycles. The number of guanidine groups is 1. The van der Waals surface area contributed by atoms with Crippen LogP contribution in [0.25, 0.3) is 0 Å². The van der Waals surface area contributed by atoms with Gasteiger partial charge in [0.1, 0.15) is 29.8 Å². The number of hydrogen-bond acceptors (Lipinski definition) is 8. The van der Waals surface area contributed by atoms with Crippen LogP contribution in [0.3, 0.4) is 0 Å². The summed E-state index contributed by atoms with van der Waals surface area (Å²) in [4.78, 5) is 45.4. The number of oxazole rings is 1. The molecule has 0 aliphatic rings. The monoisotopic (exact) mass is 518 g/mol. The highest BCUT2D eigenvalue weighted by Crippen LogP contribution is 2.28. The van der Waals surface area contributed by atoms with Crippen molar-refractivity contribution in [1.82, 2.24) is 15.6 Å². The van der Waals surface area contributed by atoms with E-state index >= 15 is 0 Å². The van der Waals surface area contributed by atoms with Crippen molar-refractivity contribution in [2.75, 3.05) is 20.8 Å². The molecule has 0 aliphatic heterocycles. The number of aliphatic carboxylic acids is 1. The number of nitrogens with zero attached hydrogens (tertiary/aromatic N) is 2. The molecular weight excluding hydrogens is 484 g/mol. The number of aromatic nitrogens is 1. The maximum Gasteiger partial charge on any atom is 0.326 e. The lowest BCUT2D eigenvalue weighted by atomic mass is 9.98. The Balaban J connectivity index is 2.17. The number of carbonyl (C=O) groups is 3. The van der Waals surface area contributed by atoms with Crippen LogP contribution in [0.1, 0.15) is 65.9 Å². The molecule has 3 unspecified atom stereocenters. The van der Waals surface area contributed by atoms with E-state index in [9.17, 15) is 19.5 Å². The number of nitrogens with one attached hydrogen (secondary N) is 2. The molecule has 0 bridgehead atoms. The van der Waals surface area contributed by atoms with Crippen molar-refractivity contribution in [1.29, 1.82) is 0 Å². The van der Waals surface area contributed by atoms with Crippen LogP contribution in [-0.4, -0.2) is 60.6 Å². The molecule has 0 saturated carbocycles. The van der Waals surface area contributed by atoms with Gasteiger partial charge in [0.2, 0.25) is 5.89 Å². The summed E-state index contributed by atoms with van der Waals surface area (Å²) in [5.74, 6) is -1.60. The Morgan fingerprint density at radius 1 is 1.16 bits per heavy atom. The van der Waals surface area contributed by atoms with E-state index in [-0.39, 0.29) is 42.0 Å². The summed E-state index contributed by atoms with van der Waals surface area (Å²) in [6.07, 6.45) is 2.25. The summed E-state index contributed by atoms with van der Waals surface area (Å²) < 4.78 is 16.0. The number of amides is 2. The molecule has 2 amide bonds. The van der Waals surface area contributed by atoms with Crippen molar-refractivity contribution < 1.29 is 33.4 Å². The Labute approximate surface area is 214 Å². The molecule has 1 aromatic carbocycles. The molecule has 3 atom stereocenters. The lowest BCUT2D eigenvalue weighted by Crippen LogP contribution is -2.41. The zero-order chi connectivity index (χ0) is 27.5. The molecule has 202 valence electrons. The normalized spacial score (nSPS) is 13.1. The molecule has 13 heteroatoms. The first-order chi connectivity index (χ1) is 17.6. The van der Waals surface area contributed by atoms with E-state index in [1.165, 1.54) is 14.2 Å². The zero-order valence-corrected chi connectivity index (χ0v) is 21.3. The van der Waals surface area contributed by atoms with Crippen LogP contribution in [0.5, 0.6) is 11.5 Å². The number of methoxy groups -OCH3 is 2. The van der Waals surface area contributed by atoms with E-state index in [1.807, 2.05) is 13.8 Å². The fraction of sp³-hybridized carbons (Fsp3) is 0.458. The fourth-order valence-electron chi connectivity index (χ4n) is 3.42. The van der Waals surface area contributed by atoms with E-state index in [0.717, 1.165) is 6.26 Å². The van der Waals surface area contributed by atoms with Gasteiger partial charge in [-0.25, -0.2) is 9.78 Å². The highest BCUT2D eigenvalue weighted by atomic mass is 16.5. The van der Waals surface area contributed by atoms with Gasteiger partial charge in [0, 0.05) is 12.6 Å². The second kappa shape index (κ2) is 13.7. The Kier molecular flexibility index (Phi) is 10.7. The van der Waals surface area contributed by atoms with Gasteiger partial charge >= 0.3 is 5.97 Å². The van der Waals surface area contributed by atoms with E-state index in [0.29, 0.717) is 24.3 Å². The topological polar surface area (TPSA) is 204 Å². The molecule has 1 aromatic heterocycles. The number of ether oxygens (including phenoxy) is 2. The van der Waals surface area contributed by atoms with Crippen LogP contribution in [-0.2, 0) is 4.79 Å². The average Bonchev–Trinajstić information content (AvgIpc) is 3.37.